The lowest BCUT2D eigenvalue weighted by molar-refractivity contribution is 0.0938. The van der Waals surface area contributed by atoms with Gasteiger partial charge in [0.15, 0.2) is 0 Å². The highest BCUT2D eigenvalue weighted by atomic mass is 32.2. The van der Waals surface area contributed by atoms with E-state index in [2.05, 4.69) is 17.1 Å². The largest absolute Gasteiger partial charge is 0.496 e. The summed E-state index contributed by atoms with van der Waals surface area (Å²) < 4.78 is 27.0. The van der Waals surface area contributed by atoms with Crippen molar-refractivity contribution in [1.29, 1.82) is 5.26 Å². The van der Waals surface area contributed by atoms with Gasteiger partial charge in [0.2, 0.25) is 0 Å². The van der Waals surface area contributed by atoms with Crippen molar-refractivity contribution in [3.8, 4) is 11.8 Å². The zero-order chi connectivity index (χ0) is 19.1. The van der Waals surface area contributed by atoms with Crippen LogP contribution in [-0.2, 0) is 11.3 Å². The first-order chi connectivity index (χ1) is 12.5. The molecule has 0 bridgehead atoms. The van der Waals surface area contributed by atoms with Gasteiger partial charge in [0.25, 0.3) is 17.2 Å². The van der Waals surface area contributed by atoms with E-state index < -0.39 is 11.3 Å². The predicted octanol–water partition coefficient (Wildman–Crippen LogP) is 1.38. The van der Waals surface area contributed by atoms with E-state index in [1.54, 1.807) is 6.07 Å². The van der Waals surface area contributed by atoms with Gasteiger partial charge >= 0.3 is 0 Å². The smallest absolute Gasteiger partial charge is 0.262 e. The Kier molecular flexibility index (Phi) is 7.38. The molecule has 0 aliphatic carbocycles. The Hall–Kier alpha value is -2.15. The SMILES string of the molecule is CCN1CCCC1CNC(=O)c1cc(N(CC#N)S(=O)O)ccc1OC. The number of benzene rings is 1. The second-order valence-electron chi connectivity index (χ2n) is 5.94. The molecule has 1 aromatic carbocycles. The van der Waals surface area contributed by atoms with E-state index in [1.165, 1.54) is 19.2 Å². The zero-order valence-electron chi connectivity index (χ0n) is 15.0. The minimum absolute atomic E-state index is 0.263. The number of rotatable bonds is 8. The minimum Gasteiger partial charge on any atom is -0.496 e. The Balaban J connectivity index is 2.18. The van der Waals surface area contributed by atoms with Crippen LogP contribution >= 0.6 is 0 Å². The Morgan fingerprint density at radius 1 is 1.58 bits per heavy atom. The molecule has 2 rings (SSSR count). The highest BCUT2D eigenvalue weighted by Crippen LogP contribution is 2.26. The number of likely N-dealkylation sites (N-methyl/N-ethyl adjacent to an activating group) is 1. The van der Waals surface area contributed by atoms with Crippen LogP contribution in [0, 0.1) is 11.3 Å². The molecule has 0 radical (unpaired) electrons. The Morgan fingerprint density at radius 2 is 2.35 bits per heavy atom. The van der Waals surface area contributed by atoms with E-state index in [0.29, 0.717) is 24.0 Å². The first kappa shape index (κ1) is 20.2. The molecule has 1 amide bonds. The molecular weight excluding hydrogens is 356 g/mol. The number of nitrogens with one attached hydrogen (secondary N) is 1. The van der Waals surface area contributed by atoms with Crippen molar-refractivity contribution in [3.05, 3.63) is 23.8 Å². The summed E-state index contributed by atoms with van der Waals surface area (Å²) in [7, 11) is 1.46. The number of nitrogens with zero attached hydrogens (tertiary/aromatic N) is 3. The number of methoxy groups -OCH3 is 1. The van der Waals surface area contributed by atoms with Crippen LogP contribution in [0.25, 0.3) is 0 Å². The van der Waals surface area contributed by atoms with Crippen molar-refractivity contribution in [3.63, 3.8) is 0 Å². The first-order valence-corrected chi connectivity index (χ1v) is 9.53. The van der Waals surface area contributed by atoms with Crippen LogP contribution in [0.1, 0.15) is 30.1 Å². The molecule has 1 saturated heterocycles. The lowest BCUT2D eigenvalue weighted by Crippen LogP contribution is -2.40. The standard InChI is InChI=1S/C17H24N4O4S/c1-3-20-9-4-5-14(20)12-19-17(22)15-11-13(6-7-16(15)25-2)21(10-8-18)26(23)24/h6-7,11,14H,3-5,9-10,12H2,1-2H3,(H,19,22)(H,23,24). The maximum atomic E-state index is 12.6. The predicted molar refractivity (Wildman–Crippen MR) is 99.3 cm³/mol. The highest BCUT2D eigenvalue weighted by molar-refractivity contribution is 7.80. The van der Waals surface area contributed by atoms with Gasteiger partial charge in [-0.15, -0.1) is 0 Å². The Bertz CT molecular complexity index is 706. The number of nitriles is 1. The fraction of sp³-hybridized carbons (Fsp3) is 0.529. The summed E-state index contributed by atoms with van der Waals surface area (Å²) in [5, 5.41) is 11.8. The molecule has 0 aromatic heterocycles. The van der Waals surface area contributed by atoms with Crippen molar-refractivity contribution in [2.75, 3.05) is 37.6 Å². The summed E-state index contributed by atoms with van der Waals surface area (Å²) in [4.78, 5) is 15.0. The molecule has 2 unspecified atom stereocenters. The van der Waals surface area contributed by atoms with Crippen LogP contribution in [0.5, 0.6) is 5.75 Å². The van der Waals surface area contributed by atoms with Gasteiger partial charge in [-0.1, -0.05) is 6.92 Å². The van der Waals surface area contributed by atoms with Crippen LogP contribution in [0.4, 0.5) is 5.69 Å². The van der Waals surface area contributed by atoms with Crippen LogP contribution in [0.3, 0.4) is 0 Å². The third-order valence-electron chi connectivity index (χ3n) is 4.52. The molecule has 0 saturated carbocycles. The molecule has 1 fully saturated rings. The molecule has 26 heavy (non-hydrogen) atoms. The Labute approximate surface area is 156 Å². The van der Waals surface area contributed by atoms with Gasteiger partial charge in [-0.3, -0.25) is 18.6 Å². The minimum atomic E-state index is -2.36. The molecular formula is C17H24N4O4S. The second-order valence-corrected chi connectivity index (χ2v) is 6.85. The summed E-state index contributed by atoms with van der Waals surface area (Å²) in [5.74, 6) is 0.0536. The quantitative estimate of drug-likeness (QED) is 0.521. The maximum Gasteiger partial charge on any atom is 0.262 e. The van der Waals surface area contributed by atoms with Gasteiger partial charge in [-0.05, 0) is 44.1 Å². The molecule has 1 aliphatic rings. The van der Waals surface area contributed by atoms with Gasteiger partial charge in [-0.25, -0.2) is 4.21 Å². The molecule has 2 N–H and O–H groups in total. The Morgan fingerprint density at radius 3 is 2.96 bits per heavy atom. The first-order valence-electron chi connectivity index (χ1n) is 8.47. The van der Waals surface area contributed by atoms with E-state index >= 15 is 0 Å². The van der Waals surface area contributed by atoms with Gasteiger partial charge in [-0.2, -0.15) is 5.26 Å². The summed E-state index contributed by atoms with van der Waals surface area (Å²) in [6, 6.07) is 6.71. The van der Waals surface area contributed by atoms with Crippen molar-refractivity contribution >= 4 is 22.9 Å². The van der Waals surface area contributed by atoms with Crippen molar-refractivity contribution in [1.82, 2.24) is 10.2 Å². The lowest BCUT2D eigenvalue weighted by Gasteiger charge is -2.23. The number of carbonyl (C=O) groups excluding carboxylic acids is 1. The number of hydrogen-bond donors (Lipinski definition) is 2. The molecule has 1 aliphatic heterocycles. The number of likely N-dealkylation sites (tertiary alicyclic amines) is 1. The normalized spacial score (nSPS) is 18.2. The lowest BCUT2D eigenvalue weighted by atomic mass is 10.1. The van der Waals surface area contributed by atoms with Crippen molar-refractivity contribution in [2.45, 2.75) is 25.8 Å². The average Bonchev–Trinajstić information content (AvgIpc) is 3.11. The van der Waals surface area contributed by atoms with E-state index in [0.717, 1.165) is 30.2 Å². The average molecular weight is 380 g/mol. The van der Waals surface area contributed by atoms with Crippen molar-refractivity contribution in [2.24, 2.45) is 0 Å². The fourth-order valence-electron chi connectivity index (χ4n) is 3.18. The molecule has 1 heterocycles. The third kappa shape index (κ3) is 4.72. The van der Waals surface area contributed by atoms with Crippen LogP contribution in [0.2, 0.25) is 0 Å². The van der Waals surface area contributed by atoms with E-state index in [4.69, 9.17) is 10.00 Å². The molecule has 8 nitrogen and oxygen atoms in total. The van der Waals surface area contributed by atoms with Crippen LogP contribution in [-0.4, -0.2) is 58.9 Å². The number of amides is 1. The molecule has 9 heteroatoms. The van der Waals surface area contributed by atoms with Gasteiger partial charge in [0, 0.05) is 12.6 Å². The van der Waals surface area contributed by atoms with Crippen molar-refractivity contribution < 1.29 is 18.3 Å². The van der Waals surface area contributed by atoms with Gasteiger partial charge < -0.3 is 10.1 Å². The van der Waals surface area contributed by atoms with Gasteiger partial charge in [0.1, 0.15) is 12.3 Å². The highest BCUT2D eigenvalue weighted by Gasteiger charge is 2.24. The second kappa shape index (κ2) is 9.52. The number of carbonyl (C=O) groups is 1. The molecule has 2 atom stereocenters. The van der Waals surface area contributed by atoms with E-state index in [-0.39, 0.29) is 18.0 Å². The number of anilines is 1. The number of ether oxygens (including phenoxy) is 1. The summed E-state index contributed by atoms with van der Waals surface area (Å²) in [6.45, 7) is 4.36. The van der Waals surface area contributed by atoms with E-state index in [9.17, 15) is 13.6 Å². The molecule has 142 valence electrons. The fourth-order valence-corrected chi connectivity index (χ4v) is 3.64. The van der Waals surface area contributed by atoms with Gasteiger partial charge in [0.05, 0.1) is 24.4 Å². The zero-order valence-corrected chi connectivity index (χ0v) is 15.8. The molecule has 1 aromatic rings. The third-order valence-corrected chi connectivity index (χ3v) is 5.24. The summed E-state index contributed by atoms with van der Waals surface area (Å²) in [5.41, 5.74) is 0.564. The monoisotopic (exact) mass is 380 g/mol. The summed E-state index contributed by atoms with van der Waals surface area (Å²) >= 11 is -2.36. The van der Waals surface area contributed by atoms with Crippen LogP contribution in [0.15, 0.2) is 18.2 Å². The van der Waals surface area contributed by atoms with E-state index in [1.807, 2.05) is 6.07 Å². The topological polar surface area (TPSA) is 106 Å². The van der Waals surface area contributed by atoms with Crippen LogP contribution < -0.4 is 14.4 Å². The molecule has 0 spiro atoms. The summed E-state index contributed by atoms with van der Waals surface area (Å²) in [6.07, 6.45) is 2.17. The maximum absolute atomic E-state index is 12.6. The number of hydrogen-bond acceptors (Lipinski definition) is 5.